The van der Waals surface area contributed by atoms with Gasteiger partial charge in [-0.3, -0.25) is 0 Å². The fourth-order valence-electron chi connectivity index (χ4n) is 3.98. The van der Waals surface area contributed by atoms with Crippen molar-refractivity contribution in [2.75, 3.05) is 13.7 Å². The van der Waals surface area contributed by atoms with Crippen LogP contribution in [0.4, 0.5) is 0 Å². The zero-order chi connectivity index (χ0) is 13.6. The second-order valence-corrected chi connectivity index (χ2v) is 6.31. The van der Waals surface area contributed by atoms with Gasteiger partial charge in [-0.1, -0.05) is 0 Å². The van der Waals surface area contributed by atoms with Crippen LogP contribution in [0.1, 0.15) is 53.5 Å². The topological polar surface area (TPSA) is 35.2 Å². The van der Waals surface area contributed by atoms with Crippen molar-refractivity contribution >= 4 is 0 Å². The van der Waals surface area contributed by atoms with E-state index in [1.54, 1.807) is 11.1 Å². The Morgan fingerprint density at radius 3 is 2.11 bits per heavy atom. The highest BCUT2D eigenvalue weighted by molar-refractivity contribution is 5.60. The van der Waals surface area contributed by atoms with Gasteiger partial charge in [-0.25, -0.2) is 0 Å². The maximum atomic E-state index is 6.06. The summed E-state index contributed by atoms with van der Waals surface area (Å²) in [7, 11) is 1.81. The number of benzene rings is 1. The molecule has 0 heterocycles. The minimum atomic E-state index is 0.215. The van der Waals surface area contributed by atoms with Gasteiger partial charge < -0.3 is 10.5 Å². The third-order valence-electron chi connectivity index (χ3n) is 5.29. The van der Waals surface area contributed by atoms with Gasteiger partial charge in [0.05, 0.1) is 7.11 Å². The summed E-state index contributed by atoms with van der Waals surface area (Å²) in [5, 5.41) is 0. The summed E-state index contributed by atoms with van der Waals surface area (Å²) >= 11 is 0. The molecule has 19 heavy (non-hydrogen) atoms. The Morgan fingerprint density at radius 2 is 1.63 bits per heavy atom. The minimum Gasteiger partial charge on any atom is -0.496 e. The van der Waals surface area contributed by atoms with Crippen LogP contribution in [-0.2, 0) is 18.3 Å². The van der Waals surface area contributed by atoms with Crippen LogP contribution in [0, 0.1) is 13.8 Å². The molecule has 104 valence electrons. The van der Waals surface area contributed by atoms with Crippen molar-refractivity contribution in [3.8, 4) is 5.75 Å². The summed E-state index contributed by atoms with van der Waals surface area (Å²) in [4.78, 5) is 0. The van der Waals surface area contributed by atoms with E-state index >= 15 is 0 Å². The molecule has 0 unspecified atom stereocenters. The van der Waals surface area contributed by atoms with Crippen molar-refractivity contribution in [3.63, 3.8) is 0 Å². The van der Waals surface area contributed by atoms with Crippen LogP contribution >= 0.6 is 0 Å². The third-order valence-corrected chi connectivity index (χ3v) is 5.29. The number of ether oxygens (including phenoxy) is 1. The van der Waals surface area contributed by atoms with Gasteiger partial charge in [0.25, 0.3) is 0 Å². The lowest BCUT2D eigenvalue weighted by Gasteiger charge is -2.29. The molecule has 3 rings (SSSR count). The highest BCUT2D eigenvalue weighted by atomic mass is 16.5. The van der Waals surface area contributed by atoms with Gasteiger partial charge in [-0.15, -0.1) is 0 Å². The van der Waals surface area contributed by atoms with E-state index in [2.05, 4.69) is 13.8 Å². The van der Waals surface area contributed by atoms with E-state index in [0.29, 0.717) is 0 Å². The average molecular weight is 259 g/mol. The molecule has 0 amide bonds. The Bertz CT molecular complexity index is 515. The second-order valence-electron chi connectivity index (χ2n) is 6.31. The van der Waals surface area contributed by atoms with Gasteiger partial charge in [0.1, 0.15) is 5.75 Å². The maximum absolute atomic E-state index is 6.06. The summed E-state index contributed by atoms with van der Waals surface area (Å²) in [5.41, 5.74) is 13.7. The number of hydrogen-bond acceptors (Lipinski definition) is 2. The average Bonchev–Trinajstić information content (AvgIpc) is 3.23. The Labute approximate surface area is 116 Å². The van der Waals surface area contributed by atoms with E-state index in [4.69, 9.17) is 10.5 Å². The van der Waals surface area contributed by atoms with Crippen molar-refractivity contribution in [3.05, 3.63) is 27.8 Å². The first-order chi connectivity index (χ1) is 9.14. The van der Waals surface area contributed by atoms with Gasteiger partial charge in [0.2, 0.25) is 0 Å². The lowest BCUT2D eigenvalue weighted by molar-refractivity contribution is 0.398. The van der Waals surface area contributed by atoms with Gasteiger partial charge in [-0.05, 0) is 74.6 Å². The molecule has 0 radical (unpaired) electrons. The molecule has 2 aliphatic rings. The van der Waals surface area contributed by atoms with E-state index in [1.807, 2.05) is 7.11 Å². The van der Waals surface area contributed by atoms with Crippen LogP contribution in [0.15, 0.2) is 0 Å². The molecule has 0 spiro atoms. The molecule has 2 N–H and O–H groups in total. The molecule has 0 atom stereocenters. The first-order valence-electron chi connectivity index (χ1n) is 7.54. The van der Waals surface area contributed by atoms with E-state index < -0.39 is 0 Å². The predicted octanol–water partition coefficient (Wildman–Crippen LogP) is 3.18. The summed E-state index contributed by atoms with van der Waals surface area (Å²) in [5.74, 6) is 1.13. The Kier molecular flexibility index (Phi) is 3.09. The molecular weight excluding hydrogens is 234 g/mol. The Morgan fingerprint density at radius 1 is 1.05 bits per heavy atom. The van der Waals surface area contributed by atoms with Crippen molar-refractivity contribution in [1.82, 2.24) is 0 Å². The minimum absolute atomic E-state index is 0.215. The molecule has 2 aliphatic carbocycles. The number of nitrogens with two attached hydrogens (primary N) is 1. The second kappa shape index (κ2) is 4.52. The van der Waals surface area contributed by atoms with Crippen LogP contribution in [0.25, 0.3) is 0 Å². The number of fused-ring (bicyclic) bond motifs is 1. The molecular formula is C17H25NO. The van der Waals surface area contributed by atoms with Crippen LogP contribution in [0.5, 0.6) is 5.75 Å². The number of hydrogen-bond donors (Lipinski definition) is 1. The molecule has 0 aliphatic heterocycles. The molecule has 2 nitrogen and oxygen atoms in total. The maximum Gasteiger partial charge on any atom is 0.126 e. The number of rotatable bonds is 3. The smallest absolute Gasteiger partial charge is 0.126 e. The first kappa shape index (κ1) is 13.0. The number of methoxy groups -OCH3 is 1. The molecule has 1 fully saturated rings. The summed E-state index contributed by atoms with van der Waals surface area (Å²) in [6.45, 7) is 5.28. The zero-order valence-corrected chi connectivity index (χ0v) is 12.4. The third kappa shape index (κ3) is 1.80. The van der Waals surface area contributed by atoms with E-state index in [-0.39, 0.29) is 5.41 Å². The molecule has 0 bridgehead atoms. The highest BCUT2D eigenvalue weighted by Crippen LogP contribution is 2.54. The molecule has 0 aromatic heterocycles. The van der Waals surface area contributed by atoms with Gasteiger partial charge in [0.15, 0.2) is 0 Å². The van der Waals surface area contributed by atoms with Crippen LogP contribution in [-0.4, -0.2) is 13.7 Å². The molecule has 1 aromatic rings. The molecule has 2 heteroatoms. The quantitative estimate of drug-likeness (QED) is 0.905. The lowest BCUT2D eigenvalue weighted by Crippen LogP contribution is -2.24. The zero-order valence-electron chi connectivity index (χ0n) is 12.4. The molecule has 0 saturated heterocycles. The SMILES string of the molecule is COc1c(C)c2c(c(C)c1C1(CN)CC1)CCCC2. The van der Waals surface area contributed by atoms with E-state index in [0.717, 1.165) is 12.3 Å². The van der Waals surface area contributed by atoms with Crippen LogP contribution in [0.2, 0.25) is 0 Å². The first-order valence-corrected chi connectivity index (χ1v) is 7.54. The Balaban J connectivity index is 2.26. The summed E-state index contributed by atoms with van der Waals surface area (Å²) in [6, 6.07) is 0. The van der Waals surface area contributed by atoms with Crippen molar-refractivity contribution < 1.29 is 4.74 Å². The molecule has 1 aromatic carbocycles. The van der Waals surface area contributed by atoms with Crippen molar-refractivity contribution in [1.29, 1.82) is 0 Å². The predicted molar refractivity (Wildman–Crippen MR) is 79.1 cm³/mol. The van der Waals surface area contributed by atoms with Crippen LogP contribution < -0.4 is 10.5 Å². The molecule has 1 saturated carbocycles. The van der Waals surface area contributed by atoms with Crippen LogP contribution in [0.3, 0.4) is 0 Å². The van der Waals surface area contributed by atoms with E-state index in [9.17, 15) is 0 Å². The highest BCUT2D eigenvalue weighted by Gasteiger charge is 2.47. The van der Waals surface area contributed by atoms with E-state index in [1.165, 1.54) is 55.2 Å². The van der Waals surface area contributed by atoms with Crippen molar-refractivity contribution in [2.45, 2.75) is 57.8 Å². The normalized spacial score (nSPS) is 20.0. The lowest BCUT2D eigenvalue weighted by atomic mass is 9.79. The standard InChI is InChI=1S/C17H25NO/c1-11-13-6-4-5-7-14(13)12(2)16(19-3)15(11)17(10-18)8-9-17/h4-10,18H2,1-3H3. The fraction of sp³-hybridized carbons (Fsp3) is 0.647. The monoisotopic (exact) mass is 259 g/mol. The summed E-state index contributed by atoms with van der Waals surface area (Å²) in [6.07, 6.45) is 7.54. The summed E-state index contributed by atoms with van der Waals surface area (Å²) < 4.78 is 5.80. The van der Waals surface area contributed by atoms with Gasteiger partial charge in [-0.2, -0.15) is 0 Å². The largest absolute Gasteiger partial charge is 0.496 e. The van der Waals surface area contributed by atoms with Gasteiger partial charge >= 0.3 is 0 Å². The van der Waals surface area contributed by atoms with Crippen molar-refractivity contribution in [2.24, 2.45) is 5.73 Å². The Hall–Kier alpha value is -1.02. The van der Waals surface area contributed by atoms with Gasteiger partial charge in [0, 0.05) is 17.5 Å². The fourth-order valence-corrected chi connectivity index (χ4v) is 3.98.